The molecule has 3 aromatic heterocycles. The van der Waals surface area contributed by atoms with Gasteiger partial charge in [0.25, 0.3) is 5.91 Å². The number of carbonyl (C=O) groups is 1. The molecule has 0 spiro atoms. The van der Waals surface area contributed by atoms with Crippen LogP contribution in [0, 0.1) is 6.92 Å². The minimum Gasteiger partial charge on any atom is -0.327 e. The first-order valence-electron chi connectivity index (χ1n) is 10.9. The highest BCUT2D eigenvalue weighted by atomic mass is 16.2. The molecule has 1 aliphatic heterocycles. The highest BCUT2D eigenvalue weighted by molar-refractivity contribution is 5.93. The van der Waals surface area contributed by atoms with Gasteiger partial charge in [-0.25, -0.2) is 4.68 Å². The second kappa shape index (κ2) is 7.63. The van der Waals surface area contributed by atoms with E-state index in [-0.39, 0.29) is 5.91 Å². The van der Waals surface area contributed by atoms with Gasteiger partial charge < -0.3 is 9.47 Å². The van der Waals surface area contributed by atoms with Crippen molar-refractivity contribution in [2.75, 3.05) is 0 Å². The fraction of sp³-hybridized carbons (Fsp3) is 0.115. The Morgan fingerprint density at radius 2 is 1.76 bits per heavy atom. The summed E-state index contributed by atoms with van der Waals surface area (Å²) in [7, 11) is 0. The predicted molar refractivity (Wildman–Crippen MR) is 125 cm³/mol. The van der Waals surface area contributed by atoms with Crippen molar-refractivity contribution in [1.29, 1.82) is 0 Å². The summed E-state index contributed by atoms with van der Waals surface area (Å²) in [6, 6.07) is 23.9. The molecule has 5 aromatic rings. The Morgan fingerprint density at radius 3 is 2.55 bits per heavy atom. The lowest BCUT2D eigenvalue weighted by molar-refractivity contribution is 0.0743. The van der Waals surface area contributed by atoms with Gasteiger partial charge in [-0.05, 0) is 42.8 Å². The van der Waals surface area contributed by atoms with Crippen LogP contribution in [0.5, 0.6) is 0 Å². The molecular formula is C26H22N6O. The third-order valence-electron chi connectivity index (χ3n) is 5.99. The van der Waals surface area contributed by atoms with Gasteiger partial charge in [0.1, 0.15) is 11.5 Å². The lowest BCUT2D eigenvalue weighted by atomic mass is 10.1. The summed E-state index contributed by atoms with van der Waals surface area (Å²) in [6.45, 7) is 3.03. The molecule has 1 N–H and O–H groups in total. The molecule has 0 fully saturated rings. The third-order valence-corrected chi connectivity index (χ3v) is 5.99. The largest absolute Gasteiger partial charge is 0.327 e. The smallest absolute Gasteiger partial charge is 0.272 e. The van der Waals surface area contributed by atoms with Crippen molar-refractivity contribution in [1.82, 2.24) is 29.4 Å². The summed E-state index contributed by atoms with van der Waals surface area (Å²) in [4.78, 5) is 15.1. The number of aryl methyl sites for hydroxylation is 1. The van der Waals surface area contributed by atoms with Crippen LogP contribution < -0.4 is 0 Å². The van der Waals surface area contributed by atoms with Gasteiger partial charge in [0, 0.05) is 23.5 Å². The van der Waals surface area contributed by atoms with Gasteiger partial charge >= 0.3 is 0 Å². The number of fused-ring (bicyclic) bond motifs is 1. The van der Waals surface area contributed by atoms with Crippen molar-refractivity contribution in [3.05, 3.63) is 108 Å². The van der Waals surface area contributed by atoms with Crippen LogP contribution in [0.1, 0.15) is 27.3 Å². The number of hydrogen-bond acceptors (Lipinski definition) is 3. The molecule has 0 unspecified atom stereocenters. The highest BCUT2D eigenvalue weighted by Gasteiger charge is 2.32. The molecule has 0 radical (unpaired) electrons. The number of carbonyl (C=O) groups excluding carboxylic acids is 1. The van der Waals surface area contributed by atoms with Gasteiger partial charge in [-0.2, -0.15) is 10.2 Å². The molecule has 1 amide bonds. The Bertz CT molecular complexity index is 1450. The van der Waals surface area contributed by atoms with E-state index in [9.17, 15) is 4.79 Å². The van der Waals surface area contributed by atoms with Crippen LogP contribution in [0.15, 0.2) is 85.2 Å². The maximum atomic E-state index is 13.3. The standard InChI is InChI=1S/C26H22N6O/c1-18-8-7-11-20(14-18)32-25(30-12-5-6-13-30)21-16-31(17-24(21)29-32)26(33)23-15-22(27-28-23)19-9-3-2-4-10-19/h2-15H,16-17H2,1H3,(H,27,28). The lowest BCUT2D eigenvalue weighted by Gasteiger charge is -2.17. The van der Waals surface area contributed by atoms with Crippen molar-refractivity contribution in [2.45, 2.75) is 20.0 Å². The monoisotopic (exact) mass is 434 g/mol. The molecule has 33 heavy (non-hydrogen) atoms. The molecule has 6 rings (SSSR count). The van der Waals surface area contributed by atoms with Crippen molar-refractivity contribution in [3.8, 4) is 22.8 Å². The number of aromatic nitrogens is 5. The third kappa shape index (κ3) is 3.34. The van der Waals surface area contributed by atoms with Crippen LogP contribution in [0.2, 0.25) is 0 Å². The normalized spacial score (nSPS) is 12.8. The van der Waals surface area contributed by atoms with E-state index in [0.29, 0.717) is 18.8 Å². The van der Waals surface area contributed by atoms with E-state index in [2.05, 4.69) is 39.9 Å². The van der Waals surface area contributed by atoms with Gasteiger partial charge in [0.2, 0.25) is 0 Å². The van der Waals surface area contributed by atoms with Crippen LogP contribution in [0.25, 0.3) is 22.8 Å². The number of nitrogens with zero attached hydrogens (tertiary/aromatic N) is 5. The molecule has 162 valence electrons. The molecule has 4 heterocycles. The zero-order chi connectivity index (χ0) is 22.4. The fourth-order valence-corrected chi connectivity index (χ4v) is 4.38. The van der Waals surface area contributed by atoms with Crippen LogP contribution in [-0.2, 0) is 13.1 Å². The van der Waals surface area contributed by atoms with E-state index < -0.39 is 0 Å². The zero-order valence-electron chi connectivity index (χ0n) is 18.1. The average Bonchev–Trinajstić information content (AvgIpc) is 3.63. The lowest BCUT2D eigenvalue weighted by Crippen LogP contribution is -2.26. The van der Waals surface area contributed by atoms with E-state index in [1.54, 1.807) is 0 Å². The summed E-state index contributed by atoms with van der Waals surface area (Å²) < 4.78 is 4.04. The second-order valence-corrected chi connectivity index (χ2v) is 8.28. The SMILES string of the molecule is Cc1cccc(-n2nc3c(c2-n2cccc2)CN(C(=O)c2cc(-c4ccccc4)n[nH]2)C3)c1. The molecule has 0 saturated heterocycles. The molecule has 2 aromatic carbocycles. The first kappa shape index (κ1) is 19.3. The number of aromatic amines is 1. The number of nitrogens with one attached hydrogen (secondary N) is 1. The molecule has 7 heteroatoms. The maximum Gasteiger partial charge on any atom is 0.272 e. The Hall–Kier alpha value is -4.39. The summed E-state index contributed by atoms with van der Waals surface area (Å²) in [5, 5.41) is 12.2. The molecule has 0 saturated carbocycles. The number of benzene rings is 2. The second-order valence-electron chi connectivity index (χ2n) is 8.28. The first-order valence-corrected chi connectivity index (χ1v) is 10.9. The van der Waals surface area contributed by atoms with E-state index >= 15 is 0 Å². The number of H-pyrrole nitrogens is 1. The van der Waals surface area contributed by atoms with Crippen molar-refractivity contribution >= 4 is 5.91 Å². The minimum absolute atomic E-state index is 0.0803. The van der Waals surface area contributed by atoms with Crippen LogP contribution >= 0.6 is 0 Å². The number of hydrogen-bond donors (Lipinski definition) is 1. The van der Waals surface area contributed by atoms with Crippen LogP contribution in [-0.4, -0.2) is 35.4 Å². The van der Waals surface area contributed by atoms with Crippen molar-refractivity contribution in [2.24, 2.45) is 0 Å². The highest BCUT2D eigenvalue weighted by Crippen LogP contribution is 2.31. The Morgan fingerprint density at radius 1 is 0.939 bits per heavy atom. The molecule has 0 atom stereocenters. The van der Waals surface area contributed by atoms with Gasteiger partial charge in [0.05, 0.1) is 30.2 Å². The molecule has 1 aliphatic rings. The Balaban J connectivity index is 1.33. The van der Waals surface area contributed by atoms with Gasteiger partial charge in [-0.3, -0.25) is 9.89 Å². The number of rotatable bonds is 4. The van der Waals surface area contributed by atoms with Gasteiger partial charge in [-0.15, -0.1) is 0 Å². The molecule has 0 bridgehead atoms. The minimum atomic E-state index is -0.0803. The predicted octanol–water partition coefficient (Wildman–Crippen LogP) is 4.52. The summed E-state index contributed by atoms with van der Waals surface area (Å²) >= 11 is 0. The van der Waals surface area contributed by atoms with Gasteiger partial charge in [0.15, 0.2) is 0 Å². The van der Waals surface area contributed by atoms with E-state index in [0.717, 1.165) is 34.0 Å². The first-order chi connectivity index (χ1) is 16.2. The molecule has 7 nitrogen and oxygen atoms in total. The Kier molecular flexibility index (Phi) is 4.47. The van der Waals surface area contributed by atoms with Crippen LogP contribution in [0.3, 0.4) is 0 Å². The summed E-state index contributed by atoms with van der Waals surface area (Å²) in [5.41, 5.74) is 6.36. The molecule has 0 aliphatic carbocycles. The van der Waals surface area contributed by atoms with E-state index in [4.69, 9.17) is 5.10 Å². The quantitative estimate of drug-likeness (QED) is 0.452. The van der Waals surface area contributed by atoms with Gasteiger partial charge in [-0.1, -0.05) is 42.5 Å². The van der Waals surface area contributed by atoms with Crippen LogP contribution in [0.4, 0.5) is 0 Å². The fourth-order valence-electron chi connectivity index (χ4n) is 4.38. The molecular weight excluding hydrogens is 412 g/mol. The van der Waals surface area contributed by atoms with E-state index in [1.807, 2.05) is 76.6 Å². The summed E-state index contributed by atoms with van der Waals surface area (Å²) in [6.07, 6.45) is 4.02. The van der Waals surface area contributed by atoms with E-state index in [1.165, 1.54) is 5.56 Å². The number of amides is 1. The Labute approximate surface area is 190 Å². The topological polar surface area (TPSA) is 71.7 Å². The maximum absolute atomic E-state index is 13.3. The van der Waals surface area contributed by atoms with Crippen molar-refractivity contribution in [3.63, 3.8) is 0 Å². The van der Waals surface area contributed by atoms with Crippen molar-refractivity contribution < 1.29 is 4.79 Å². The zero-order valence-corrected chi connectivity index (χ0v) is 18.1. The average molecular weight is 435 g/mol. The summed E-state index contributed by atoms with van der Waals surface area (Å²) in [5.74, 6) is 0.883.